The predicted octanol–water partition coefficient (Wildman–Crippen LogP) is 3.84. The molecule has 0 aliphatic carbocycles. The molecule has 7 heteroatoms. The summed E-state index contributed by atoms with van der Waals surface area (Å²) in [5, 5.41) is 0.0841. The van der Waals surface area contributed by atoms with Gasteiger partial charge >= 0.3 is 0 Å². The summed E-state index contributed by atoms with van der Waals surface area (Å²) < 4.78 is -2.30. The van der Waals surface area contributed by atoms with E-state index in [1.165, 1.54) is 6.20 Å². The van der Waals surface area contributed by atoms with Gasteiger partial charge < -0.3 is 0 Å². The van der Waals surface area contributed by atoms with Gasteiger partial charge in [-0.15, -0.1) is 0 Å². The van der Waals surface area contributed by atoms with E-state index in [4.69, 9.17) is 69.8 Å². The second-order valence-corrected chi connectivity index (χ2v) is 5.29. The van der Waals surface area contributed by atoms with Gasteiger partial charge in [0.05, 0.1) is 5.03 Å². The van der Waals surface area contributed by atoms with Gasteiger partial charge in [-0.2, -0.15) is 0 Å². The van der Waals surface area contributed by atoms with Crippen LogP contribution in [0.5, 0.6) is 0 Å². The Morgan fingerprint density at radius 2 is 1.64 bits per heavy atom. The highest BCUT2D eigenvalue weighted by Crippen LogP contribution is 2.56. The number of nitrogens with zero attached hydrogens (tertiary/aromatic N) is 1. The summed E-state index contributed by atoms with van der Waals surface area (Å²) in [6.45, 7) is 0. The van der Waals surface area contributed by atoms with E-state index < -0.39 is 8.79 Å². The van der Waals surface area contributed by atoms with E-state index >= 15 is 0 Å². The molecule has 0 aromatic heterocycles. The van der Waals surface area contributed by atoms with Crippen molar-refractivity contribution in [3.63, 3.8) is 0 Å². The lowest BCUT2D eigenvalue weighted by molar-refractivity contribution is 0.523. The first kappa shape index (κ1) is 10.4. The minimum absolute atomic E-state index is 0.0841. The van der Waals surface area contributed by atoms with Crippen LogP contribution in [0.25, 0.3) is 0 Å². The highest BCUT2D eigenvalue weighted by atomic mass is 35.5. The van der Waals surface area contributed by atoms with Crippen LogP contribution in [0.3, 0.4) is 0 Å². The molecule has 0 amide bonds. The molecular formula is C4HCl6N. The second kappa shape index (κ2) is 2.90. The number of alkyl halides is 4. The van der Waals surface area contributed by atoms with Gasteiger partial charge in [0.15, 0.2) is 0 Å². The second-order valence-electron chi connectivity index (χ2n) is 1.90. The monoisotopic (exact) mass is 273 g/mol. The lowest BCUT2D eigenvalue weighted by Crippen LogP contribution is -2.39. The molecular weight excluding hydrogens is 275 g/mol. The van der Waals surface area contributed by atoms with Crippen LogP contribution in [0, 0.1) is 0 Å². The van der Waals surface area contributed by atoms with E-state index in [9.17, 15) is 0 Å². The maximum Gasteiger partial charge on any atom is 0.241 e. The average Bonchev–Trinajstić information content (AvgIpc) is 1.95. The molecule has 1 nitrogen and oxygen atoms in total. The Kier molecular flexibility index (Phi) is 2.73. The minimum Gasteiger partial charge on any atom is -0.254 e. The Bertz CT molecular complexity index is 209. The third kappa shape index (κ3) is 1.41. The summed E-state index contributed by atoms with van der Waals surface area (Å²) in [6.07, 6.45) is 1.25. The molecule has 0 saturated heterocycles. The van der Waals surface area contributed by atoms with Crippen LogP contribution in [0.2, 0.25) is 0 Å². The lowest BCUT2D eigenvalue weighted by Gasteiger charge is -2.29. The SMILES string of the molecule is ClC1=CN(Cl)C(Cl)(Cl)C1(Cl)Cl. The van der Waals surface area contributed by atoms with Gasteiger partial charge in [0.25, 0.3) is 0 Å². The third-order valence-electron chi connectivity index (χ3n) is 1.17. The largest absolute Gasteiger partial charge is 0.254 e. The van der Waals surface area contributed by atoms with Gasteiger partial charge in [-0.1, -0.05) is 58.0 Å². The van der Waals surface area contributed by atoms with Crippen molar-refractivity contribution in [3.8, 4) is 0 Å². The fraction of sp³-hybridized carbons (Fsp3) is 0.500. The van der Waals surface area contributed by atoms with E-state index in [-0.39, 0.29) is 5.03 Å². The highest BCUT2D eigenvalue weighted by Gasteiger charge is 2.57. The zero-order valence-electron chi connectivity index (χ0n) is 4.79. The molecule has 0 saturated carbocycles. The quantitative estimate of drug-likeness (QED) is 0.369. The summed E-state index contributed by atoms with van der Waals surface area (Å²) in [5.74, 6) is 0. The van der Waals surface area contributed by atoms with E-state index in [0.717, 1.165) is 4.42 Å². The van der Waals surface area contributed by atoms with Crippen LogP contribution in [0.1, 0.15) is 0 Å². The van der Waals surface area contributed by atoms with Crippen molar-refractivity contribution >= 4 is 69.8 Å². The van der Waals surface area contributed by atoms with Crippen LogP contribution < -0.4 is 0 Å². The first-order chi connectivity index (χ1) is 4.80. The Morgan fingerprint density at radius 1 is 1.18 bits per heavy atom. The van der Waals surface area contributed by atoms with Crippen molar-refractivity contribution in [2.24, 2.45) is 0 Å². The van der Waals surface area contributed by atoms with Crippen LogP contribution >= 0.6 is 69.8 Å². The number of hydrogen-bond donors (Lipinski definition) is 0. The molecule has 1 rings (SSSR count). The fourth-order valence-corrected chi connectivity index (χ4v) is 1.81. The van der Waals surface area contributed by atoms with E-state index in [1.54, 1.807) is 0 Å². The summed E-state index contributed by atoms with van der Waals surface area (Å²) in [7, 11) is 0. The summed E-state index contributed by atoms with van der Waals surface area (Å²) in [5.41, 5.74) is 0. The maximum atomic E-state index is 5.68. The Morgan fingerprint density at radius 3 is 1.73 bits per heavy atom. The zero-order valence-corrected chi connectivity index (χ0v) is 9.33. The molecule has 64 valence electrons. The highest BCUT2D eigenvalue weighted by molar-refractivity contribution is 6.68. The van der Waals surface area contributed by atoms with Crippen molar-refractivity contribution in [1.82, 2.24) is 4.42 Å². The first-order valence-electron chi connectivity index (χ1n) is 2.38. The predicted molar refractivity (Wildman–Crippen MR) is 50.5 cm³/mol. The molecule has 0 unspecified atom stereocenters. The summed E-state index contributed by atoms with van der Waals surface area (Å²) in [4.78, 5) is 0. The maximum absolute atomic E-state index is 5.68. The Balaban J connectivity index is 3.07. The molecule has 0 spiro atoms. The van der Waals surface area contributed by atoms with Gasteiger partial charge in [-0.25, -0.2) is 0 Å². The van der Waals surface area contributed by atoms with Crippen molar-refractivity contribution in [1.29, 1.82) is 0 Å². The van der Waals surface area contributed by atoms with E-state index in [1.807, 2.05) is 0 Å². The Labute approximate surface area is 93.8 Å². The molecule has 0 atom stereocenters. The molecule has 0 bridgehead atoms. The molecule has 1 heterocycles. The van der Waals surface area contributed by atoms with Crippen LogP contribution in [0.15, 0.2) is 11.2 Å². The van der Waals surface area contributed by atoms with Gasteiger partial charge in [0.1, 0.15) is 0 Å². The molecule has 1 aliphatic rings. The van der Waals surface area contributed by atoms with Gasteiger partial charge in [0, 0.05) is 18.0 Å². The molecule has 0 N–H and O–H groups in total. The third-order valence-corrected chi connectivity index (χ3v) is 4.54. The molecule has 0 fully saturated rings. The van der Waals surface area contributed by atoms with Gasteiger partial charge in [0.2, 0.25) is 8.79 Å². The smallest absolute Gasteiger partial charge is 0.241 e. The lowest BCUT2D eigenvalue weighted by atomic mass is 10.4. The first-order valence-corrected chi connectivity index (χ1v) is 4.61. The number of rotatable bonds is 0. The molecule has 1 aliphatic heterocycles. The molecule has 0 radical (unpaired) electrons. The van der Waals surface area contributed by atoms with Crippen LogP contribution in [-0.4, -0.2) is 13.2 Å². The standard InChI is InChI=1S/C4HCl6N/c5-2-1-11(10)4(8,9)3(2,6)7/h1H. The topological polar surface area (TPSA) is 3.24 Å². The van der Waals surface area contributed by atoms with Gasteiger partial charge in [-0.3, -0.25) is 4.42 Å². The number of hydrogen-bond acceptors (Lipinski definition) is 1. The molecule has 0 aromatic carbocycles. The zero-order chi connectivity index (χ0) is 8.86. The average molecular weight is 276 g/mol. The Hall–Kier alpha value is 1.28. The summed E-state index contributed by atoms with van der Waals surface area (Å²) >= 11 is 33.8. The van der Waals surface area contributed by atoms with E-state index in [2.05, 4.69) is 0 Å². The van der Waals surface area contributed by atoms with Gasteiger partial charge in [-0.05, 0) is 0 Å². The summed E-state index contributed by atoms with van der Waals surface area (Å²) in [6, 6.07) is 0. The molecule has 11 heavy (non-hydrogen) atoms. The van der Waals surface area contributed by atoms with Crippen molar-refractivity contribution < 1.29 is 0 Å². The van der Waals surface area contributed by atoms with Crippen molar-refractivity contribution in [2.75, 3.05) is 0 Å². The van der Waals surface area contributed by atoms with Crippen molar-refractivity contribution in [2.45, 2.75) is 8.79 Å². The fourth-order valence-electron chi connectivity index (χ4n) is 0.539. The van der Waals surface area contributed by atoms with E-state index in [0.29, 0.717) is 0 Å². The number of halogens is 6. The van der Waals surface area contributed by atoms with Crippen LogP contribution in [0.4, 0.5) is 0 Å². The van der Waals surface area contributed by atoms with Crippen LogP contribution in [-0.2, 0) is 0 Å². The minimum atomic E-state index is -1.63. The van der Waals surface area contributed by atoms with Crippen molar-refractivity contribution in [3.05, 3.63) is 11.2 Å². The molecule has 0 aromatic rings. The normalized spacial score (nSPS) is 27.1.